The van der Waals surface area contributed by atoms with E-state index < -0.39 is 5.97 Å². The van der Waals surface area contributed by atoms with Gasteiger partial charge >= 0.3 is 5.97 Å². The van der Waals surface area contributed by atoms with Gasteiger partial charge in [0.15, 0.2) is 0 Å². The van der Waals surface area contributed by atoms with Gasteiger partial charge in [-0.3, -0.25) is 4.79 Å². The fraction of sp³-hybridized carbons (Fsp3) is 0.500. The molecule has 0 saturated carbocycles. The van der Waals surface area contributed by atoms with E-state index in [1.54, 1.807) is 6.26 Å². The molecule has 0 fully saturated rings. The van der Waals surface area contributed by atoms with Crippen LogP contribution in [0.4, 0.5) is 0 Å². The monoisotopic (exact) mass is 182 g/mol. The molecule has 0 amide bonds. The van der Waals surface area contributed by atoms with E-state index in [1.807, 2.05) is 12.1 Å². The van der Waals surface area contributed by atoms with Crippen molar-refractivity contribution in [2.45, 2.75) is 32.1 Å². The molecule has 3 heteroatoms. The van der Waals surface area contributed by atoms with Crippen molar-refractivity contribution in [3.05, 3.63) is 24.2 Å². The van der Waals surface area contributed by atoms with Gasteiger partial charge in [0.25, 0.3) is 0 Å². The third-order valence-corrected chi connectivity index (χ3v) is 1.89. The van der Waals surface area contributed by atoms with Crippen LogP contribution in [0.2, 0.25) is 0 Å². The Hall–Kier alpha value is -1.25. The second kappa shape index (κ2) is 5.41. The number of carboxylic acid groups (broad SMARTS) is 1. The van der Waals surface area contributed by atoms with Crippen LogP contribution in [0.1, 0.15) is 31.4 Å². The average Bonchev–Trinajstić information content (AvgIpc) is 2.55. The summed E-state index contributed by atoms with van der Waals surface area (Å²) in [5, 5.41) is 8.38. The molecule has 0 aliphatic rings. The third kappa shape index (κ3) is 4.35. The molecule has 0 aliphatic carbocycles. The van der Waals surface area contributed by atoms with Crippen molar-refractivity contribution in [3.8, 4) is 0 Å². The van der Waals surface area contributed by atoms with Crippen molar-refractivity contribution in [1.82, 2.24) is 0 Å². The van der Waals surface area contributed by atoms with Gasteiger partial charge in [0.2, 0.25) is 0 Å². The van der Waals surface area contributed by atoms with Gasteiger partial charge in [-0.25, -0.2) is 0 Å². The first-order valence-electron chi connectivity index (χ1n) is 4.53. The maximum atomic E-state index is 10.2. The minimum Gasteiger partial charge on any atom is -0.481 e. The third-order valence-electron chi connectivity index (χ3n) is 1.89. The second-order valence-electron chi connectivity index (χ2n) is 3.03. The van der Waals surface area contributed by atoms with Crippen molar-refractivity contribution in [2.75, 3.05) is 0 Å². The van der Waals surface area contributed by atoms with Gasteiger partial charge in [-0.15, -0.1) is 0 Å². The normalized spacial score (nSPS) is 10.2. The van der Waals surface area contributed by atoms with Crippen LogP contribution < -0.4 is 0 Å². The minimum absolute atomic E-state index is 0.276. The number of aryl methyl sites for hydroxylation is 1. The Morgan fingerprint density at radius 2 is 2.23 bits per heavy atom. The van der Waals surface area contributed by atoms with E-state index in [2.05, 4.69) is 0 Å². The van der Waals surface area contributed by atoms with Gasteiger partial charge in [-0.05, 0) is 25.0 Å². The summed E-state index contributed by atoms with van der Waals surface area (Å²) in [5.41, 5.74) is 0. The molecule has 1 N–H and O–H groups in total. The predicted molar refractivity (Wildman–Crippen MR) is 48.5 cm³/mol. The van der Waals surface area contributed by atoms with Crippen molar-refractivity contribution in [1.29, 1.82) is 0 Å². The number of furan rings is 1. The quantitative estimate of drug-likeness (QED) is 0.687. The largest absolute Gasteiger partial charge is 0.481 e. The Balaban J connectivity index is 1.99. The standard InChI is InChI=1S/C10H14O3/c11-10(12)7-3-1-2-5-9-6-4-8-13-9/h4,6,8H,1-3,5,7H2,(H,11,12). The number of hydrogen-bond acceptors (Lipinski definition) is 2. The van der Waals surface area contributed by atoms with E-state index in [0.29, 0.717) is 0 Å². The van der Waals surface area contributed by atoms with E-state index in [1.165, 1.54) is 0 Å². The van der Waals surface area contributed by atoms with Gasteiger partial charge in [0.1, 0.15) is 5.76 Å². The van der Waals surface area contributed by atoms with Crippen molar-refractivity contribution in [2.24, 2.45) is 0 Å². The maximum absolute atomic E-state index is 10.2. The Kier molecular flexibility index (Phi) is 4.09. The molecular weight excluding hydrogens is 168 g/mol. The number of carbonyl (C=O) groups is 1. The van der Waals surface area contributed by atoms with Crippen LogP contribution in [0, 0.1) is 0 Å². The molecule has 0 spiro atoms. The Bertz CT molecular complexity index is 239. The fourth-order valence-electron chi connectivity index (χ4n) is 1.21. The smallest absolute Gasteiger partial charge is 0.303 e. The highest BCUT2D eigenvalue weighted by molar-refractivity contribution is 5.66. The molecule has 0 aromatic carbocycles. The minimum atomic E-state index is -0.710. The van der Waals surface area contributed by atoms with Crippen molar-refractivity contribution < 1.29 is 14.3 Å². The van der Waals surface area contributed by atoms with Crippen LogP contribution in [-0.4, -0.2) is 11.1 Å². The number of carboxylic acids is 1. The number of hydrogen-bond donors (Lipinski definition) is 1. The van der Waals surface area contributed by atoms with E-state index >= 15 is 0 Å². The van der Waals surface area contributed by atoms with E-state index in [9.17, 15) is 4.79 Å². The molecule has 0 saturated heterocycles. The average molecular weight is 182 g/mol. The van der Waals surface area contributed by atoms with Gasteiger partial charge in [-0.2, -0.15) is 0 Å². The second-order valence-corrected chi connectivity index (χ2v) is 3.03. The van der Waals surface area contributed by atoms with Crippen molar-refractivity contribution in [3.63, 3.8) is 0 Å². The Morgan fingerprint density at radius 1 is 1.38 bits per heavy atom. The molecule has 13 heavy (non-hydrogen) atoms. The summed E-state index contributed by atoms with van der Waals surface area (Å²) in [6.45, 7) is 0. The van der Waals surface area contributed by atoms with Gasteiger partial charge in [-0.1, -0.05) is 6.42 Å². The molecule has 0 bridgehead atoms. The van der Waals surface area contributed by atoms with E-state index in [4.69, 9.17) is 9.52 Å². The zero-order valence-corrected chi connectivity index (χ0v) is 7.53. The zero-order valence-electron chi connectivity index (χ0n) is 7.53. The first kappa shape index (κ1) is 9.84. The molecule has 72 valence electrons. The van der Waals surface area contributed by atoms with Crippen LogP contribution in [0.5, 0.6) is 0 Å². The molecular formula is C10H14O3. The molecule has 1 aromatic rings. The van der Waals surface area contributed by atoms with Crippen LogP contribution in [0.3, 0.4) is 0 Å². The number of aliphatic carboxylic acids is 1. The Morgan fingerprint density at radius 3 is 2.85 bits per heavy atom. The highest BCUT2D eigenvalue weighted by Gasteiger charge is 1.98. The van der Waals surface area contributed by atoms with Gasteiger partial charge in [0.05, 0.1) is 6.26 Å². The fourth-order valence-corrected chi connectivity index (χ4v) is 1.21. The summed E-state index contributed by atoms with van der Waals surface area (Å²) in [5.74, 6) is 0.272. The first-order valence-corrected chi connectivity index (χ1v) is 4.53. The summed E-state index contributed by atoms with van der Waals surface area (Å²) < 4.78 is 5.14. The molecule has 0 aliphatic heterocycles. The summed E-state index contributed by atoms with van der Waals surface area (Å²) in [6, 6.07) is 3.81. The van der Waals surface area contributed by atoms with E-state index in [-0.39, 0.29) is 6.42 Å². The number of rotatable bonds is 6. The lowest BCUT2D eigenvalue weighted by Crippen LogP contribution is -1.93. The molecule has 1 rings (SSSR count). The predicted octanol–water partition coefficient (Wildman–Crippen LogP) is 2.47. The Labute approximate surface area is 77.4 Å². The maximum Gasteiger partial charge on any atom is 0.303 e. The SMILES string of the molecule is O=C(O)CCCCCc1ccco1. The first-order chi connectivity index (χ1) is 6.29. The molecule has 3 nitrogen and oxygen atoms in total. The summed E-state index contributed by atoms with van der Waals surface area (Å²) in [7, 11) is 0. The van der Waals surface area contributed by atoms with Crippen LogP contribution in [0.15, 0.2) is 22.8 Å². The molecule has 1 aromatic heterocycles. The lowest BCUT2D eigenvalue weighted by molar-refractivity contribution is -0.137. The van der Waals surface area contributed by atoms with E-state index in [0.717, 1.165) is 31.4 Å². The highest BCUT2D eigenvalue weighted by Crippen LogP contribution is 2.07. The summed E-state index contributed by atoms with van der Waals surface area (Å²) in [6.07, 6.45) is 5.56. The summed E-state index contributed by atoms with van der Waals surface area (Å²) >= 11 is 0. The lowest BCUT2D eigenvalue weighted by Gasteiger charge is -1.96. The molecule has 0 radical (unpaired) electrons. The summed E-state index contributed by atoms with van der Waals surface area (Å²) in [4.78, 5) is 10.2. The van der Waals surface area contributed by atoms with Gasteiger partial charge < -0.3 is 9.52 Å². The van der Waals surface area contributed by atoms with Crippen molar-refractivity contribution >= 4 is 5.97 Å². The molecule has 0 atom stereocenters. The van der Waals surface area contributed by atoms with Crippen LogP contribution in [-0.2, 0) is 11.2 Å². The van der Waals surface area contributed by atoms with Crippen LogP contribution in [0.25, 0.3) is 0 Å². The highest BCUT2D eigenvalue weighted by atomic mass is 16.4. The molecule has 1 heterocycles. The topological polar surface area (TPSA) is 50.4 Å². The molecule has 0 unspecified atom stereocenters. The number of unbranched alkanes of at least 4 members (excludes halogenated alkanes) is 2. The van der Waals surface area contributed by atoms with Crippen LogP contribution >= 0.6 is 0 Å². The van der Waals surface area contributed by atoms with Gasteiger partial charge in [0, 0.05) is 12.8 Å². The lowest BCUT2D eigenvalue weighted by atomic mass is 10.1. The zero-order chi connectivity index (χ0) is 9.52.